The largest absolute Gasteiger partial charge is 0.329 e. The Kier molecular flexibility index (Phi) is 3.23. The van der Waals surface area contributed by atoms with Gasteiger partial charge in [-0.25, -0.2) is 0 Å². The number of nitrogens with zero attached hydrogens (tertiary/aromatic N) is 1. The number of rotatable bonds is 2. The van der Waals surface area contributed by atoms with Crippen molar-refractivity contribution in [2.24, 2.45) is 11.7 Å². The summed E-state index contributed by atoms with van der Waals surface area (Å²) in [7, 11) is 0. The average molecular weight is 182 g/mol. The topological polar surface area (TPSA) is 29.3 Å². The highest BCUT2D eigenvalue weighted by Crippen LogP contribution is 2.34. The molecule has 76 valence electrons. The van der Waals surface area contributed by atoms with Crippen LogP contribution in [0.5, 0.6) is 0 Å². The van der Waals surface area contributed by atoms with Gasteiger partial charge in [0.25, 0.3) is 0 Å². The molecule has 1 saturated heterocycles. The lowest BCUT2D eigenvalue weighted by molar-refractivity contribution is 0.0637. The van der Waals surface area contributed by atoms with E-state index in [9.17, 15) is 0 Å². The summed E-state index contributed by atoms with van der Waals surface area (Å²) >= 11 is 0. The van der Waals surface area contributed by atoms with Crippen LogP contribution in [0.2, 0.25) is 0 Å². The maximum Gasteiger partial charge on any atom is 0.0124 e. The maximum atomic E-state index is 5.64. The van der Waals surface area contributed by atoms with Crippen molar-refractivity contribution in [1.82, 2.24) is 4.90 Å². The van der Waals surface area contributed by atoms with Crippen LogP contribution >= 0.6 is 0 Å². The van der Waals surface area contributed by atoms with E-state index in [0.29, 0.717) is 0 Å². The van der Waals surface area contributed by atoms with Gasteiger partial charge in [0.15, 0.2) is 0 Å². The molecular formula is C11H22N2. The van der Waals surface area contributed by atoms with E-state index >= 15 is 0 Å². The summed E-state index contributed by atoms with van der Waals surface area (Å²) in [5, 5.41) is 0. The molecular weight excluding hydrogens is 160 g/mol. The molecule has 2 atom stereocenters. The summed E-state index contributed by atoms with van der Waals surface area (Å²) in [6, 6.07) is 0.894. The summed E-state index contributed by atoms with van der Waals surface area (Å²) < 4.78 is 0. The van der Waals surface area contributed by atoms with E-state index in [1.54, 1.807) is 0 Å². The molecule has 2 fully saturated rings. The molecule has 0 spiro atoms. The fraction of sp³-hybridized carbons (Fsp3) is 1.00. The van der Waals surface area contributed by atoms with Crippen molar-refractivity contribution in [3.63, 3.8) is 0 Å². The molecule has 0 radical (unpaired) electrons. The zero-order valence-electron chi connectivity index (χ0n) is 8.54. The van der Waals surface area contributed by atoms with Gasteiger partial charge in [0, 0.05) is 19.1 Å². The molecule has 0 aromatic rings. The molecule has 2 aliphatic rings. The second kappa shape index (κ2) is 4.43. The molecule has 0 amide bonds. The standard InChI is InChI=1S/C11H22N2/c12-7-9-13-8-3-5-10-4-1-2-6-11(10)13/h10-11H,1-9,12H2. The van der Waals surface area contributed by atoms with Crippen LogP contribution in [0.25, 0.3) is 0 Å². The lowest BCUT2D eigenvalue weighted by atomic mass is 9.78. The molecule has 0 bridgehead atoms. The number of likely N-dealkylation sites (tertiary alicyclic amines) is 1. The lowest BCUT2D eigenvalue weighted by Crippen LogP contribution is -2.48. The number of piperidine rings is 1. The van der Waals surface area contributed by atoms with E-state index in [1.165, 1.54) is 45.1 Å². The van der Waals surface area contributed by atoms with Gasteiger partial charge in [0.2, 0.25) is 0 Å². The average Bonchev–Trinajstić information content (AvgIpc) is 2.19. The summed E-state index contributed by atoms with van der Waals surface area (Å²) in [6.07, 6.45) is 8.71. The number of fused-ring (bicyclic) bond motifs is 1. The Morgan fingerprint density at radius 1 is 1.08 bits per heavy atom. The van der Waals surface area contributed by atoms with Gasteiger partial charge in [-0.15, -0.1) is 0 Å². The normalized spacial score (nSPS) is 35.8. The first kappa shape index (κ1) is 9.47. The van der Waals surface area contributed by atoms with Crippen LogP contribution in [-0.2, 0) is 0 Å². The molecule has 13 heavy (non-hydrogen) atoms. The summed E-state index contributed by atoms with van der Waals surface area (Å²) in [5.41, 5.74) is 5.64. The molecule has 1 aliphatic heterocycles. The monoisotopic (exact) mass is 182 g/mol. The van der Waals surface area contributed by atoms with E-state index in [2.05, 4.69) is 4.90 Å². The van der Waals surface area contributed by atoms with E-state index in [0.717, 1.165) is 25.0 Å². The van der Waals surface area contributed by atoms with Gasteiger partial charge in [0.05, 0.1) is 0 Å². The van der Waals surface area contributed by atoms with Crippen molar-refractivity contribution >= 4 is 0 Å². The fourth-order valence-electron chi connectivity index (χ4n) is 3.17. The second-order valence-corrected chi connectivity index (χ2v) is 4.58. The SMILES string of the molecule is NCCN1CCCC2CCCCC21. The molecule has 1 heterocycles. The molecule has 2 nitrogen and oxygen atoms in total. The quantitative estimate of drug-likeness (QED) is 0.703. The Morgan fingerprint density at radius 2 is 1.85 bits per heavy atom. The molecule has 2 heteroatoms. The zero-order chi connectivity index (χ0) is 9.10. The highest BCUT2D eigenvalue weighted by molar-refractivity contribution is 4.87. The van der Waals surface area contributed by atoms with Crippen molar-refractivity contribution in [1.29, 1.82) is 0 Å². The Balaban J connectivity index is 1.94. The summed E-state index contributed by atoms with van der Waals surface area (Å²) in [4.78, 5) is 2.65. The van der Waals surface area contributed by atoms with Crippen LogP contribution in [0.3, 0.4) is 0 Å². The minimum Gasteiger partial charge on any atom is -0.329 e. The third-order valence-corrected chi connectivity index (χ3v) is 3.77. The van der Waals surface area contributed by atoms with E-state index in [4.69, 9.17) is 5.73 Å². The van der Waals surface area contributed by atoms with Crippen molar-refractivity contribution in [2.45, 2.75) is 44.6 Å². The van der Waals surface area contributed by atoms with E-state index in [1.807, 2.05) is 0 Å². The second-order valence-electron chi connectivity index (χ2n) is 4.58. The Labute approximate surface area is 81.5 Å². The van der Waals surface area contributed by atoms with Crippen LogP contribution in [0.15, 0.2) is 0 Å². The van der Waals surface area contributed by atoms with Crippen LogP contribution in [0.1, 0.15) is 38.5 Å². The first-order chi connectivity index (χ1) is 6.42. The molecule has 1 saturated carbocycles. The number of hydrogen-bond acceptors (Lipinski definition) is 2. The third kappa shape index (κ3) is 2.05. The summed E-state index contributed by atoms with van der Waals surface area (Å²) in [5.74, 6) is 1.01. The predicted octanol–water partition coefficient (Wildman–Crippen LogP) is 1.60. The molecule has 2 N–H and O–H groups in total. The Morgan fingerprint density at radius 3 is 2.69 bits per heavy atom. The molecule has 0 aromatic carbocycles. The molecule has 0 aromatic heterocycles. The van der Waals surface area contributed by atoms with Gasteiger partial charge in [-0.2, -0.15) is 0 Å². The van der Waals surface area contributed by atoms with Gasteiger partial charge in [-0.05, 0) is 38.1 Å². The van der Waals surface area contributed by atoms with Crippen LogP contribution in [0.4, 0.5) is 0 Å². The van der Waals surface area contributed by atoms with Gasteiger partial charge in [-0.1, -0.05) is 12.8 Å². The van der Waals surface area contributed by atoms with Crippen molar-refractivity contribution in [3.05, 3.63) is 0 Å². The molecule has 2 rings (SSSR count). The van der Waals surface area contributed by atoms with Gasteiger partial charge < -0.3 is 5.73 Å². The summed E-state index contributed by atoms with van der Waals surface area (Å²) in [6.45, 7) is 3.27. The Hall–Kier alpha value is -0.0800. The number of nitrogens with two attached hydrogens (primary N) is 1. The Bertz CT molecular complexity index is 154. The third-order valence-electron chi connectivity index (χ3n) is 3.77. The number of hydrogen-bond donors (Lipinski definition) is 1. The van der Waals surface area contributed by atoms with Crippen molar-refractivity contribution < 1.29 is 0 Å². The zero-order valence-corrected chi connectivity index (χ0v) is 8.54. The molecule has 1 aliphatic carbocycles. The van der Waals surface area contributed by atoms with Crippen molar-refractivity contribution in [3.8, 4) is 0 Å². The van der Waals surface area contributed by atoms with Crippen LogP contribution in [-0.4, -0.2) is 30.6 Å². The lowest BCUT2D eigenvalue weighted by Gasteiger charge is -2.44. The maximum absolute atomic E-state index is 5.64. The van der Waals surface area contributed by atoms with Gasteiger partial charge in [-0.3, -0.25) is 4.90 Å². The predicted molar refractivity (Wildman–Crippen MR) is 55.6 cm³/mol. The van der Waals surface area contributed by atoms with E-state index in [-0.39, 0.29) is 0 Å². The fourth-order valence-corrected chi connectivity index (χ4v) is 3.17. The van der Waals surface area contributed by atoms with E-state index < -0.39 is 0 Å². The highest BCUT2D eigenvalue weighted by atomic mass is 15.2. The van der Waals surface area contributed by atoms with Crippen LogP contribution < -0.4 is 5.73 Å². The van der Waals surface area contributed by atoms with Crippen molar-refractivity contribution in [2.75, 3.05) is 19.6 Å². The molecule has 2 unspecified atom stereocenters. The van der Waals surface area contributed by atoms with Gasteiger partial charge in [0.1, 0.15) is 0 Å². The first-order valence-electron chi connectivity index (χ1n) is 5.86. The first-order valence-corrected chi connectivity index (χ1v) is 5.86. The van der Waals surface area contributed by atoms with Crippen LogP contribution in [0, 0.1) is 5.92 Å². The minimum atomic E-state index is 0.837. The highest BCUT2D eigenvalue weighted by Gasteiger charge is 2.32. The van der Waals surface area contributed by atoms with Gasteiger partial charge >= 0.3 is 0 Å². The minimum absolute atomic E-state index is 0.837. The smallest absolute Gasteiger partial charge is 0.0124 e.